The molecule has 0 bridgehead atoms. The van der Waals surface area contributed by atoms with Crippen LogP contribution in [0, 0.1) is 0 Å². The van der Waals surface area contributed by atoms with Crippen molar-refractivity contribution in [1.82, 2.24) is 20.3 Å². The van der Waals surface area contributed by atoms with Crippen LogP contribution in [-0.2, 0) is 16.0 Å². The molecule has 29 heavy (non-hydrogen) atoms. The summed E-state index contributed by atoms with van der Waals surface area (Å²) in [4.78, 5) is 28.4. The first-order valence-electron chi connectivity index (χ1n) is 10.2. The molecular weight excluding hydrogens is 406 g/mol. The SMILES string of the molecule is CCSc1nc(CC(=O)NC2CCN(c3nccc(C4CCOCC4)n3)C2)cs1. The van der Waals surface area contributed by atoms with E-state index in [9.17, 15) is 4.79 Å². The van der Waals surface area contributed by atoms with Crippen molar-refractivity contribution < 1.29 is 9.53 Å². The van der Waals surface area contributed by atoms with Gasteiger partial charge in [0.15, 0.2) is 0 Å². The Balaban J connectivity index is 1.30. The maximum Gasteiger partial charge on any atom is 0.226 e. The smallest absolute Gasteiger partial charge is 0.226 e. The molecular formula is C20H27N5O2S2. The van der Waals surface area contributed by atoms with E-state index in [4.69, 9.17) is 9.72 Å². The van der Waals surface area contributed by atoms with Gasteiger partial charge >= 0.3 is 0 Å². The Morgan fingerprint density at radius 3 is 3.03 bits per heavy atom. The lowest BCUT2D eigenvalue weighted by Gasteiger charge is -2.23. The fourth-order valence-electron chi connectivity index (χ4n) is 3.80. The van der Waals surface area contributed by atoms with Crippen LogP contribution in [0.1, 0.15) is 43.5 Å². The summed E-state index contributed by atoms with van der Waals surface area (Å²) in [7, 11) is 0. The average Bonchev–Trinajstić information content (AvgIpc) is 3.39. The Kier molecular flexibility index (Phi) is 6.99. The lowest BCUT2D eigenvalue weighted by Crippen LogP contribution is -2.38. The first-order chi connectivity index (χ1) is 14.2. The largest absolute Gasteiger partial charge is 0.381 e. The van der Waals surface area contributed by atoms with E-state index in [0.29, 0.717) is 12.3 Å². The van der Waals surface area contributed by atoms with Crippen LogP contribution in [0.4, 0.5) is 5.95 Å². The molecule has 0 radical (unpaired) electrons. The first-order valence-corrected chi connectivity index (χ1v) is 12.1. The molecule has 0 spiro atoms. The highest BCUT2D eigenvalue weighted by Crippen LogP contribution is 2.27. The quantitative estimate of drug-likeness (QED) is 0.673. The van der Waals surface area contributed by atoms with Gasteiger partial charge < -0.3 is 15.0 Å². The molecule has 9 heteroatoms. The van der Waals surface area contributed by atoms with Crippen molar-refractivity contribution >= 4 is 35.0 Å². The fraction of sp³-hybridized carbons (Fsp3) is 0.600. The van der Waals surface area contributed by atoms with E-state index in [0.717, 1.165) is 73.0 Å². The zero-order valence-corrected chi connectivity index (χ0v) is 18.3. The minimum Gasteiger partial charge on any atom is -0.381 e. The lowest BCUT2D eigenvalue weighted by molar-refractivity contribution is -0.121. The number of hydrogen-bond donors (Lipinski definition) is 1. The third-order valence-corrected chi connectivity index (χ3v) is 7.23. The van der Waals surface area contributed by atoms with Gasteiger partial charge in [-0.15, -0.1) is 11.3 Å². The number of rotatable bonds is 7. The van der Waals surface area contributed by atoms with E-state index in [1.54, 1.807) is 23.1 Å². The van der Waals surface area contributed by atoms with Crippen molar-refractivity contribution in [3.63, 3.8) is 0 Å². The topological polar surface area (TPSA) is 80.2 Å². The second kappa shape index (κ2) is 9.86. The molecule has 1 amide bonds. The van der Waals surface area contributed by atoms with Crippen LogP contribution in [-0.4, -0.2) is 59.0 Å². The summed E-state index contributed by atoms with van der Waals surface area (Å²) in [6, 6.07) is 2.15. The van der Waals surface area contributed by atoms with Crippen LogP contribution in [0.2, 0.25) is 0 Å². The summed E-state index contributed by atoms with van der Waals surface area (Å²) in [5, 5.41) is 5.13. The molecule has 7 nitrogen and oxygen atoms in total. The molecule has 156 valence electrons. The highest BCUT2D eigenvalue weighted by atomic mass is 32.2. The van der Waals surface area contributed by atoms with Gasteiger partial charge in [-0.3, -0.25) is 4.79 Å². The van der Waals surface area contributed by atoms with Crippen molar-refractivity contribution in [2.24, 2.45) is 0 Å². The lowest BCUT2D eigenvalue weighted by atomic mass is 9.96. The molecule has 2 aromatic rings. The normalized spacial score (nSPS) is 20.2. The third-order valence-electron chi connectivity index (χ3n) is 5.28. The first kappa shape index (κ1) is 20.6. The van der Waals surface area contributed by atoms with Gasteiger partial charge in [0.2, 0.25) is 11.9 Å². The number of amides is 1. The number of anilines is 1. The van der Waals surface area contributed by atoms with Crippen molar-refractivity contribution in [1.29, 1.82) is 0 Å². The maximum atomic E-state index is 12.4. The van der Waals surface area contributed by atoms with Crippen LogP contribution in [0.25, 0.3) is 0 Å². The Morgan fingerprint density at radius 2 is 2.21 bits per heavy atom. The van der Waals surface area contributed by atoms with Crippen LogP contribution in [0.15, 0.2) is 22.0 Å². The molecule has 2 fully saturated rings. The van der Waals surface area contributed by atoms with Gasteiger partial charge in [0.05, 0.1) is 12.1 Å². The molecule has 2 aliphatic rings. The monoisotopic (exact) mass is 433 g/mol. The summed E-state index contributed by atoms with van der Waals surface area (Å²) in [6.45, 7) is 5.32. The van der Waals surface area contributed by atoms with Gasteiger partial charge in [-0.2, -0.15) is 0 Å². The third kappa shape index (κ3) is 5.46. The van der Waals surface area contributed by atoms with Gasteiger partial charge in [0.1, 0.15) is 4.34 Å². The predicted octanol–water partition coefficient (Wildman–Crippen LogP) is 2.88. The minimum absolute atomic E-state index is 0.0343. The van der Waals surface area contributed by atoms with Crippen molar-refractivity contribution in [3.05, 3.63) is 29.0 Å². The molecule has 1 N–H and O–H groups in total. The Morgan fingerprint density at radius 1 is 1.34 bits per heavy atom. The summed E-state index contributed by atoms with van der Waals surface area (Å²) in [6.07, 6.45) is 5.14. The van der Waals surface area contributed by atoms with E-state index in [1.807, 2.05) is 17.6 Å². The summed E-state index contributed by atoms with van der Waals surface area (Å²) in [5.41, 5.74) is 1.96. The zero-order chi connectivity index (χ0) is 20.1. The number of nitrogens with one attached hydrogen (secondary N) is 1. The predicted molar refractivity (Wildman–Crippen MR) is 116 cm³/mol. The number of nitrogens with zero attached hydrogens (tertiary/aromatic N) is 4. The summed E-state index contributed by atoms with van der Waals surface area (Å²) in [5.74, 6) is 2.26. The Bertz CT molecular complexity index is 825. The van der Waals surface area contributed by atoms with Crippen LogP contribution in [0.3, 0.4) is 0 Å². The highest BCUT2D eigenvalue weighted by molar-refractivity contribution is 8.00. The van der Waals surface area contributed by atoms with Crippen molar-refractivity contribution in [2.75, 3.05) is 37.0 Å². The number of thioether (sulfide) groups is 1. The molecule has 2 aromatic heterocycles. The molecule has 2 saturated heterocycles. The number of ether oxygens (including phenoxy) is 1. The van der Waals surface area contributed by atoms with E-state index in [2.05, 4.69) is 27.1 Å². The highest BCUT2D eigenvalue weighted by Gasteiger charge is 2.27. The molecule has 0 aliphatic carbocycles. The van der Waals surface area contributed by atoms with Crippen molar-refractivity contribution in [2.45, 2.75) is 48.9 Å². The van der Waals surface area contributed by atoms with E-state index in [-0.39, 0.29) is 11.9 Å². The molecule has 0 aromatic carbocycles. The molecule has 2 aliphatic heterocycles. The van der Waals surface area contributed by atoms with E-state index >= 15 is 0 Å². The van der Waals surface area contributed by atoms with Gasteiger partial charge in [-0.1, -0.05) is 18.7 Å². The fourth-order valence-corrected chi connectivity index (χ4v) is 5.54. The number of hydrogen-bond acceptors (Lipinski definition) is 8. The second-order valence-corrected chi connectivity index (χ2v) is 9.75. The van der Waals surface area contributed by atoms with Crippen LogP contribution in [0.5, 0.6) is 0 Å². The van der Waals surface area contributed by atoms with E-state index < -0.39 is 0 Å². The van der Waals surface area contributed by atoms with Crippen LogP contribution >= 0.6 is 23.1 Å². The molecule has 0 saturated carbocycles. The Hall–Kier alpha value is -1.71. The number of carbonyl (C=O) groups is 1. The van der Waals surface area contributed by atoms with E-state index in [1.165, 1.54) is 0 Å². The Labute approximate surface area is 179 Å². The zero-order valence-electron chi connectivity index (χ0n) is 16.7. The van der Waals surface area contributed by atoms with Gasteiger partial charge in [-0.25, -0.2) is 15.0 Å². The maximum absolute atomic E-state index is 12.4. The molecule has 1 atom stereocenters. The second-order valence-electron chi connectivity index (χ2n) is 7.38. The standard InChI is InChI=1S/C20H27N5O2S2/c1-2-28-20-23-16(13-29-20)11-18(26)22-15-4-8-25(12-15)19-21-7-3-17(24-19)14-5-9-27-10-6-14/h3,7,13-15H,2,4-6,8-12H2,1H3,(H,22,26). The number of thiazole rings is 1. The number of carbonyl (C=O) groups excluding carboxylic acids is 1. The average molecular weight is 434 g/mol. The number of aromatic nitrogens is 3. The van der Waals surface area contributed by atoms with Crippen molar-refractivity contribution in [3.8, 4) is 0 Å². The summed E-state index contributed by atoms with van der Waals surface area (Å²) >= 11 is 3.32. The molecule has 4 rings (SSSR count). The molecule has 1 unspecified atom stereocenters. The van der Waals surface area contributed by atoms with Gasteiger partial charge in [-0.05, 0) is 31.1 Å². The van der Waals surface area contributed by atoms with Crippen LogP contribution < -0.4 is 10.2 Å². The minimum atomic E-state index is 0.0343. The van der Waals surface area contributed by atoms with Gasteiger partial charge in [0, 0.05) is 55.5 Å². The van der Waals surface area contributed by atoms with Gasteiger partial charge in [0.25, 0.3) is 0 Å². The summed E-state index contributed by atoms with van der Waals surface area (Å²) < 4.78 is 6.49. The molecule has 4 heterocycles.